The Morgan fingerprint density at radius 1 is 1.21 bits per heavy atom. The van der Waals surface area contributed by atoms with Gasteiger partial charge in [-0.3, -0.25) is 0 Å². The number of aliphatic hydroxyl groups excluding tert-OH is 1. The summed E-state index contributed by atoms with van der Waals surface area (Å²) in [6, 6.07) is 12.0. The zero-order valence-corrected chi connectivity index (χ0v) is 11.5. The maximum Gasteiger partial charge on any atom is 0.0948 e. The Bertz CT molecular complexity index is 578. The number of fused-ring (bicyclic) bond motifs is 1. The molecule has 1 heterocycles. The van der Waals surface area contributed by atoms with Gasteiger partial charge in [-0.1, -0.05) is 42.3 Å². The van der Waals surface area contributed by atoms with Crippen LogP contribution in [0.15, 0.2) is 36.4 Å². The lowest BCUT2D eigenvalue weighted by atomic mass is 9.92. The van der Waals surface area contributed by atoms with Gasteiger partial charge in [0, 0.05) is 11.1 Å². The molecule has 2 nitrogen and oxygen atoms in total. The first kappa shape index (κ1) is 12.9. The topological polar surface area (TPSA) is 32.3 Å². The fraction of sp³-hybridized carbons (Fsp3) is 0.375. The maximum absolute atomic E-state index is 10.6. The quantitative estimate of drug-likeness (QED) is 0.876. The minimum atomic E-state index is -0.454. The monoisotopic (exact) mass is 275 g/mol. The molecule has 3 rings (SSSR count). The molecule has 0 radical (unpaired) electrons. The van der Waals surface area contributed by atoms with Crippen LogP contribution >= 0.6 is 11.6 Å². The molecule has 1 saturated heterocycles. The van der Waals surface area contributed by atoms with E-state index >= 15 is 0 Å². The summed E-state index contributed by atoms with van der Waals surface area (Å²) in [4.78, 5) is 0. The fourth-order valence-corrected chi connectivity index (χ4v) is 3.08. The van der Waals surface area contributed by atoms with E-state index in [0.29, 0.717) is 0 Å². The average molecular weight is 276 g/mol. The van der Waals surface area contributed by atoms with Gasteiger partial charge >= 0.3 is 0 Å². The highest BCUT2D eigenvalue weighted by Gasteiger charge is 2.23. The molecule has 2 N–H and O–H groups in total. The number of piperidine rings is 1. The summed E-state index contributed by atoms with van der Waals surface area (Å²) >= 11 is 6.02. The molecule has 0 unspecified atom stereocenters. The van der Waals surface area contributed by atoms with Crippen LogP contribution in [0.2, 0.25) is 5.02 Å². The van der Waals surface area contributed by atoms with E-state index in [1.54, 1.807) is 0 Å². The molecule has 2 atom stereocenters. The van der Waals surface area contributed by atoms with Gasteiger partial charge in [-0.15, -0.1) is 0 Å². The van der Waals surface area contributed by atoms with E-state index in [1.807, 2.05) is 36.4 Å². The van der Waals surface area contributed by atoms with E-state index < -0.39 is 6.10 Å². The molecular weight excluding hydrogens is 258 g/mol. The Hall–Kier alpha value is -1.09. The molecule has 100 valence electrons. The van der Waals surface area contributed by atoms with Crippen LogP contribution in [-0.4, -0.2) is 17.7 Å². The van der Waals surface area contributed by atoms with Crippen molar-refractivity contribution in [3.05, 3.63) is 47.0 Å². The molecule has 1 aliphatic rings. The Labute approximate surface area is 118 Å². The molecule has 1 fully saturated rings. The van der Waals surface area contributed by atoms with E-state index in [4.69, 9.17) is 11.6 Å². The van der Waals surface area contributed by atoms with Crippen molar-refractivity contribution in [1.29, 1.82) is 0 Å². The lowest BCUT2D eigenvalue weighted by molar-refractivity contribution is 0.115. The Kier molecular flexibility index (Phi) is 3.74. The van der Waals surface area contributed by atoms with Crippen LogP contribution in [0, 0.1) is 0 Å². The molecule has 0 aliphatic carbocycles. The standard InChI is InChI=1S/C16H18ClNO/c17-12-7-8-13-11(10-12)4-3-5-14(13)16(19)15-6-1-2-9-18-15/h3-5,7-8,10,15-16,18-19H,1-2,6,9H2/t15-,16+/m0/s1. The number of benzene rings is 2. The first-order valence-corrected chi connectivity index (χ1v) is 7.23. The Balaban J connectivity index is 1.99. The van der Waals surface area contributed by atoms with Crippen LogP contribution in [0.4, 0.5) is 0 Å². The second-order valence-corrected chi connectivity index (χ2v) is 5.65. The number of hydrogen-bond acceptors (Lipinski definition) is 2. The van der Waals surface area contributed by atoms with Gasteiger partial charge in [0.1, 0.15) is 0 Å². The molecule has 1 aliphatic heterocycles. The molecule has 19 heavy (non-hydrogen) atoms. The Morgan fingerprint density at radius 3 is 2.89 bits per heavy atom. The molecule has 3 heteroatoms. The van der Waals surface area contributed by atoms with Crippen LogP contribution in [0.3, 0.4) is 0 Å². The van der Waals surface area contributed by atoms with Crippen molar-refractivity contribution in [3.8, 4) is 0 Å². The van der Waals surface area contributed by atoms with Gasteiger partial charge in [0.25, 0.3) is 0 Å². The highest BCUT2D eigenvalue weighted by molar-refractivity contribution is 6.31. The average Bonchev–Trinajstić information content (AvgIpc) is 2.46. The second kappa shape index (κ2) is 5.49. The third kappa shape index (κ3) is 2.62. The summed E-state index contributed by atoms with van der Waals surface area (Å²) in [5.74, 6) is 0. The van der Waals surface area contributed by atoms with Crippen LogP contribution in [0.1, 0.15) is 30.9 Å². The summed E-state index contributed by atoms with van der Waals surface area (Å²) in [6.45, 7) is 0.998. The van der Waals surface area contributed by atoms with Gasteiger partial charge in [-0.25, -0.2) is 0 Å². The first-order valence-electron chi connectivity index (χ1n) is 6.85. The molecule has 0 amide bonds. The zero-order valence-electron chi connectivity index (χ0n) is 10.8. The van der Waals surface area contributed by atoms with E-state index in [-0.39, 0.29) is 6.04 Å². The van der Waals surface area contributed by atoms with Gasteiger partial charge in [-0.05, 0) is 47.9 Å². The largest absolute Gasteiger partial charge is 0.387 e. The van der Waals surface area contributed by atoms with Gasteiger partial charge in [0.05, 0.1) is 6.10 Å². The van der Waals surface area contributed by atoms with Crippen LogP contribution in [0.5, 0.6) is 0 Å². The van der Waals surface area contributed by atoms with Crippen LogP contribution in [0.25, 0.3) is 10.8 Å². The minimum absolute atomic E-state index is 0.162. The van der Waals surface area contributed by atoms with Crippen molar-refractivity contribution in [2.75, 3.05) is 6.54 Å². The fourth-order valence-electron chi connectivity index (χ4n) is 2.90. The third-order valence-electron chi connectivity index (χ3n) is 3.92. The van der Waals surface area contributed by atoms with Gasteiger partial charge < -0.3 is 10.4 Å². The summed E-state index contributed by atoms with van der Waals surface area (Å²) in [5.41, 5.74) is 0.994. The maximum atomic E-state index is 10.6. The molecule has 0 aromatic heterocycles. The van der Waals surface area contributed by atoms with E-state index in [9.17, 15) is 5.11 Å². The van der Waals surface area contributed by atoms with Crippen LogP contribution in [-0.2, 0) is 0 Å². The van der Waals surface area contributed by atoms with Gasteiger partial charge in [0.15, 0.2) is 0 Å². The highest BCUT2D eigenvalue weighted by Crippen LogP contribution is 2.30. The minimum Gasteiger partial charge on any atom is -0.387 e. The number of rotatable bonds is 2. The predicted octanol–water partition coefficient (Wildman–Crippen LogP) is 3.67. The van der Waals surface area contributed by atoms with Crippen molar-refractivity contribution >= 4 is 22.4 Å². The Morgan fingerprint density at radius 2 is 2.11 bits per heavy atom. The number of aliphatic hydroxyl groups is 1. The number of hydrogen-bond donors (Lipinski definition) is 2. The first-order chi connectivity index (χ1) is 9.25. The van der Waals surface area contributed by atoms with E-state index in [2.05, 4.69) is 5.32 Å². The molecule has 0 spiro atoms. The van der Waals surface area contributed by atoms with Crippen LogP contribution < -0.4 is 5.32 Å². The lowest BCUT2D eigenvalue weighted by Gasteiger charge is -2.29. The molecular formula is C16H18ClNO. The van der Waals surface area contributed by atoms with Crippen molar-refractivity contribution < 1.29 is 5.11 Å². The van der Waals surface area contributed by atoms with Gasteiger partial charge in [0.2, 0.25) is 0 Å². The second-order valence-electron chi connectivity index (χ2n) is 5.21. The summed E-state index contributed by atoms with van der Waals surface area (Å²) in [5, 5.41) is 16.9. The van der Waals surface area contributed by atoms with Crippen molar-refractivity contribution in [3.63, 3.8) is 0 Å². The molecule has 0 bridgehead atoms. The predicted molar refractivity (Wildman–Crippen MR) is 79.6 cm³/mol. The number of halogens is 1. The smallest absolute Gasteiger partial charge is 0.0948 e. The lowest BCUT2D eigenvalue weighted by Crippen LogP contribution is -2.38. The molecule has 2 aromatic rings. The molecule has 2 aromatic carbocycles. The molecule has 0 saturated carbocycles. The number of nitrogens with one attached hydrogen (secondary N) is 1. The van der Waals surface area contributed by atoms with Gasteiger partial charge in [-0.2, -0.15) is 0 Å². The van der Waals surface area contributed by atoms with Crippen molar-refractivity contribution in [1.82, 2.24) is 5.32 Å². The van der Waals surface area contributed by atoms with E-state index in [1.165, 1.54) is 12.8 Å². The highest BCUT2D eigenvalue weighted by atomic mass is 35.5. The SMILES string of the molecule is O[C@H](c1cccc2cc(Cl)ccc12)[C@@H]1CCCCN1. The summed E-state index contributed by atoms with van der Waals surface area (Å²) in [6.07, 6.45) is 2.97. The van der Waals surface area contributed by atoms with Crippen molar-refractivity contribution in [2.45, 2.75) is 31.4 Å². The normalized spacial score (nSPS) is 21.5. The van der Waals surface area contributed by atoms with E-state index in [0.717, 1.165) is 34.3 Å². The summed E-state index contributed by atoms with van der Waals surface area (Å²) < 4.78 is 0. The summed E-state index contributed by atoms with van der Waals surface area (Å²) in [7, 11) is 0. The zero-order chi connectivity index (χ0) is 13.2. The third-order valence-corrected chi connectivity index (χ3v) is 4.16. The van der Waals surface area contributed by atoms with Crippen molar-refractivity contribution in [2.24, 2.45) is 0 Å².